The highest BCUT2D eigenvalue weighted by atomic mass is 16.3. The zero-order valence-corrected chi connectivity index (χ0v) is 13.1. The summed E-state index contributed by atoms with van der Waals surface area (Å²) in [6.07, 6.45) is 4.25. The first-order valence-electron chi connectivity index (χ1n) is 7.94. The van der Waals surface area contributed by atoms with E-state index in [2.05, 4.69) is 15.2 Å². The van der Waals surface area contributed by atoms with Gasteiger partial charge in [-0.2, -0.15) is 0 Å². The standard InChI is InChI=1S/C16H25N3O3/c1-12-8-13(20)9-15(18-12)16(22)17-10-14(21)11-19-6-4-2-3-5-7-19/h8-9,14,21H,2-7,10-11H2,1H3,(H,17,22)(H,18,20)/t14-/m0/s1. The molecule has 0 unspecified atom stereocenters. The predicted octanol–water partition coefficient (Wildman–Crippen LogP) is 0.650. The summed E-state index contributed by atoms with van der Waals surface area (Å²) in [7, 11) is 0. The van der Waals surface area contributed by atoms with Crippen LogP contribution in [0.2, 0.25) is 0 Å². The van der Waals surface area contributed by atoms with Crippen molar-refractivity contribution >= 4 is 5.91 Å². The van der Waals surface area contributed by atoms with Gasteiger partial charge in [0.1, 0.15) is 5.69 Å². The van der Waals surface area contributed by atoms with Crippen LogP contribution in [0.3, 0.4) is 0 Å². The molecule has 1 aromatic heterocycles. The summed E-state index contributed by atoms with van der Waals surface area (Å²) in [4.78, 5) is 28.5. The molecule has 2 heterocycles. The first-order chi connectivity index (χ1) is 10.5. The van der Waals surface area contributed by atoms with Gasteiger partial charge in [-0.05, 0) is 32.9 Å². The number of carbonyl (C=O) groups excluding carboxylic acids is 1. The van der Waals surface area contributed by atoms with Crippen molar-refractivity contribution in [1.82, 2.24) is 15.2 Å². The zero-order chi connectivity index (χ0) is 15.9. The number of hydrogen-bond acceptors (Lipinski definition) is 4. The Hall–Kier alpha value is -1.66. The van der Waals surface area contributed by atoms with Crippen molar-refractivity contribution in [2.45, 2.75) is 38.7 Å². The van der Waals surface area contributed by atoms with Crippen LogP contribution < -0.4 is 10.7 Å². The number of aromatic amines is 1. The topological polar surface area (TPSA) is 85.4 Å². The Morgan fingerprint density at radius 2 is 2.00 bits per heavy atom. The lowest BCUT2D eigenvalue weighted by Crippen LogP contribution is -2.40. The van der Waals surface area contributed by atoms with Crippen molar-refractivity contribution < 1.29 is 9.90 Å². The van der Waals surface area contributed by atoms with E-state index in [0.29, 0.717) is 12.2 Å². The molecule has 0 saturated carbocycles. The van der Waals surface area contributed by atoms with Gasteiger partial charge in [0.05, 0.1) is 6.10 Å². The highest BCUT2D eigenvalue weighted by molar-refractivity contribution is 5.92. The van der Waals surface area contributed by atoms with Gasteiger partial charge in [-0.15, -0.1) is 0 Å². The van der Waals surface area contributed by atoms with Crippen LogP contribution in [0.5, 0.6) is 0 Å². The minimum Gasteiger partial charge on any atom is -0.390 e. The van der Waals surface area contributed by atoms with E-state index < -0.39 is 6.10 Å². The Bertz CT molecular complexity index is 548. The van der Waals surface area contributed by atoms with Gasteiger partial charge in [0.15, 0.2) is 5.43 Å². The molecule has 0 radical (unpaired) electrons. The summed E-state index contributed by atoms with van der Waals surface area (Å²) >= 11 is 0. The molecule has 0 aliphatic carbocycles. The second-order valence-corrected chi connectivity index (χ2v) is 5.99. The first kappa shape index (κ1) is 16.7. The number of pyridine rings is 1. The maximum absolute atomic E-state index is 12.0. The third-order valence-corrected chi connectivity index (χ3v) is 3.89. The van der Waals surface area contributed by atoms with E-state index >= 15 is 0 Å². The fourth-order valence-corrected chi connectivity index (χ4v) is 2.79. The Morgan fingerprint density at radius 1 is 1.32 bits per heavy atom. The van der Waals surface area contributed by atoms with Crippen LogP contribution >= 0.6 is 0 Å². The van der Waals surface area contributed by atoms with Gasteiger partial charge in [0, 0.05) is 30.9 Å². The average Bonchev–Trinajstić information content (AvgIpc) is 2.72. The molecule has 1 saturated heterocycles. The molecule has 0 bridgehead atoms. The maximum atomic E-state index is 12.0. The number of likely N-dealkylation sites (tertiary alicyclic amines) is 1. The average molecular weight is 307 g/mol. The second-order valence-electron chi connectivity index (χ2n) is 5.99. The summed E-state index contributed by atoms with van der Waals surface area (Å²) in [5, 5.41) is 12.7. The maximum Gasteiger partial charge on any atom is 0.267 e. The van der Waals surface area contributed by atoms with E-state index in [9.17, 15) is 14.7 Å². The van der Waals surface area contributed by atoms with Gasteiger partial charge in [-0.25, -0.2) is 0 Å². The molecular formula is C16H25N3O3. The number of aryl methyl sites for hydroxylation is 1. The third-order valence-electron chi connectivity index (χ3n) is 3.89. The molecule has 1 aromatic rings. The van der Waals surface area contributed by atoms with Crippen molar-refractivity contribution in [3.63, 3.8) is 0 Å². The van der Waals surface area contributed by atoms with Crippen molar-refractivity contribution in [1.29, 1.82) is 0 Å². The first-order valence-corrected chi connectivity index (χ1v) is 7.94. The van der Waals surface area contributed by atoms with Crippen LogP contribution in [0.4, 0.5) is 0 Å². The summed E-state index contributed by atoms with van der Waals surface area (Å²) in [5.41, 5.74) is 0.668. The lowest BCUT2D eigenvalue weighted by molar-refractivity contribution is 0.0858. The normalized spacial score (nSPS) is 17.7. The van der Waals surface area contributed by atoms with Crippen molar-refractivity contribution in [2.75, 3.05) is 26.2 Å². The van der Waals surface area contributed by atoms with Gasteiger partial charge in [0.2, 0.25) is 0 Å². The molecule has 122 valence electrons. The van der Waals surface area contributed by atoms with Crippen LogP contribution in [0.1, 0.15) is 41.9 Å². The SMILES string of the molecule is Cc1cc(=O)cc(C(=O)NC[C@H](O)CN2CCCCCC2)[nH]1. The molecule has 1 fully saturated rings. The van der Waals surface area contributed by atoms with Crippen molar-refractivity contribution in [3.8, 4) is 0 Å². The molecule has 0 aromatic carbocycles. The molecule has 1 atom stereocenters. The molecule has 6 heteroatoms. The number of nitrogens with zero attached hydrogens (tertiary/aromatic N) is 1. The Kier molecular flexibility index (Phi) is 6.15. The fraction of sp³-hybridized carbons (Fsp3) is 0.625. The number of H-pyrrole nitrogens is 1. The molecule has 3 N–H and O–H groups in total. The van der Waals surface area contributed by atoms with E-state index in [0.717, 1.165) is 13.1 Å². The van der Waals surface area contributed by atoms with Crippen LogP contribution in [0.25, 0.3) is 0 Å². The number of aliphatic hydroxyl groups excluding tert-OH is 1. The number of hydrogen-bond donors (Lipinski definition) is 3. The Morgan fingerprint density at radius 3 is 2.64 bits per heavy atom. The van der Waals surface area contributed by atoms with Crippen LogP contribution in [-0.4, -0.2) is 53.2 Å². The largest absolute Gasteiger partial charge is 0.390 e. The van der Waals surface area contributed by atoms with Gasteiger partial charge in [-0.3, -0.25) is 9.59 Å². The van der Waals surface area contributed by atoms with E-state index in [1.165, 1.54) is 37.8 Å². The molecule has 1 amide bonds. The predicted molar refractivity (Wildman–Crippen MR) is 85.0 cm³/mol. The Labute approximate surface area is 130 Å². The van der Waals surface area contributed by atoms with E-state index in [1.807, 2.05) is 0 Å². The quantitative estimate of drug-likeness (QED) is 0.745. The fourth-order valence-electron chi connectivity index (χ4n) is 2.79. The summed E-state index contributed by atoms with van der Waals surface area (Å²) in [6.45, 7) is 4.51. The molecule has 1 aliphatic rings. The number of aliphatic hydroxyl groups is 1. The van der Waals surface area contributed by atoms with E-state index in [1.54, 1.807) is 6.92 Å². The highest BCUT2D eigenvalue weighted by Crippen LogP contribution is 2.09. The number of β-amino-alcohol motifs (C(OH)–C–C–N with tert-alkyl or cyclic N) is 1. The molecule has 6 nitrogen and oxygen atoms in total. The molecule has 1 aliphatic heterocycles. The number of aromatic nitrogens is 1. The smallest absolute Gasteiger partial charge is 0.267 e. The number of rotatable bonds is 5. The van der Waals surface area contributed by atoms with Crippen molar-refractivity contribution in [3.05, 3.63) is 33.7 Å². The number of carbonyl (C=O) groups is 1. The summed E-state index contributed by atoms with van der Waals surface area (Å²) < 4.78 is 0. The lowest BCUT2D eigenvalue weighted by atomic mass is 10.2. The van der Waals surface area contributed by atoms with Crippen LogP contribution in [-0.2, 0) is 0 Å². The number of amides is 1. The van der Waals surface area contributed by atoms with Gasteiger partial charge in [0.25, 0.3) is 5.91 Å². The van der Waals surface area contributed by atoms with Crippen LogP contribution in [0.15, 0.2) is 16.9 Å². The zero-order valence-electron chi connectivity index (χ0n) is 13.1. The van der Waals surface area contributed by atoms with E-state index in [-0.39, 0.29) is 23.6 Å². The molecule has 2 rings (SSSR count). The minimum absolute atomic E-state index is 0.186. The Balaban J connectivity index is 1.80. The van der Waals surface area contributed by atoms with Crippen molar-refractivity contribution in [2.24, 2.45) is 0 Å². The second kappa shape index (κ2) is 8.10. The highest BCUT2D eigenvalue weighted by Gasteiger charge is 2.15. The minimum atomic E-state index is -0.599. The number of nitrogens with one attached hydrogen (secondary N) is 2. The summed E-state index contributed by atoms with van der Waals surface area (Å²) in [5.74, 6) is -0.365. The van der Waals surface area contributed by atoms with Gasteiger partial charge >= 0.3 is 0 Å². The van der Waals surface area contributed by atoms with Gasteiger partial charge < -0.3 is 20.3 Å². The van der Waals surface area contributed by atoms with E-state index in [4.69, 9.17) is 0 Å². The summed E-state index contributed by atoms with van der Waals surface area (Å²) in [6, 6.07) is 2.70. The molecule has 0 spiro atoms. The molecule has 22 heavy (non-hydrogen) atoms. The third kappa shape index (κ3) is 5.27. The monoisotopic (exact) mass is 307 g/mol. The van der Waals surface area contributed by atoms with Gasteiger partial charge in [-0.1, -0.05) is 12.8 Å². The lowest BCUT2D eigenvalue weighted by Gasteiger charge is -2.23. The van der Waals surface area contributed by atoms with Crippen LogP contribution in [0, 0.1) is 6.92 Å². The molecular weight excluding hydrogens is 282 g/mol.